The third-order valence-corrected chi connectivity index (χ3v) is 3.70. The number of carbonyl (C=O) groups excluding carboxylic acids is 1. The highest BCUT2D eigenvalue weighted by atomic mass is 16.2. The van der Waals surface area contributed by atoms with E-state index in [4.69, 9.17) is 0 Å². The molecule has 19 heavy (non-hydrogen) atoms. The zero-order valence-corrected chi connectivity index (χ0v) is 14.3. The van der Waals surface area contributed by atoms with Crippen LogP contribution in [-0.2, 0) is 4.79 Å². The van der Waals surface area contributed by atoms with E-state index in [1.54, 1.807) is 0 Å². The minimum absolute atomic E-state index is 0.0518. The molecule has 0 bridgehead atoms. The summed E-state index contributed by atoms with van der Waals surface area (Å²) < 4.78 is 0. The van der Waals surface area contributed by atoms with Gasteiger partial charge in [-0.05, 0) is 39.0 Å². The molecule has 114 valence electrons. The van der Waals surface area contributed by atoms with Gasteiger partial charge in [-0.3, -0.25) is 4.79 Å². The van der Waals surface area contributed by atoms with Gasteiger partial charge in [0.05, 0.1) is 0 Å². The molecule has 0 unspecified atom stereocenters. The van der Waals surface area contributed by atoms with Crippen molar-refractivity contribution in [2.24, 2.45) is 5.41 Å². The van der Waals surface area contributed by atoms with E-state index in [9.17, 15) is 4.79 Å². The first-order chi connectivity index (χ1) is 8.54. The van der Waals surface area contributed by atoms with Crippen molar-refractivity contribution in [3.8, 4) is 0 Å². The van der Waals surface area contributed by atoms with Gasteiger partial charge in [-0.15, -0.1) is 0 Å². The van der Waals surface area contributed by atoms with E-state index >= 15 is 0 Å². The number of hydrogen-bond donors (Lipinski definition) is 0. The van der Waals surface area contributed by atoms with Gasteiger partial charge in [0.2, 0.25) is 5.91 Å². The van der Waals surface area contributed by atoms with Crippen LogP contribution in [0, 0.1) is 5.41 Å². The van der Waals surface area contributed by atoms with Crippen LogP contribution in [0.15, 0.2) is 0 Å². The van der Waals surface area contributed by atoms with Gasteiger partial charge in [0.25, 0.3) is 0 Å². The largest absolute Gasteiger partial charge is 0.341 e. The molecular formula is C17H35NO. The maximum Gasteiger partial charge on any atom is 0.222 e. The molecule has 0 aromatic rings. The zero-order valence-electron chi connectivity index (χ0n) is 14.3. The third kappa shape index (κ3) is 9.98. The van der Waals surface area contributed by atoms with E-state index in [1.165, 1.54) is 32.1 Å². The predicted octanol–water partition coefficient (Wildman–Crippen LogP) is 5.02. The summed E-state index contributed by atoms with van der Waals surface area (Å²) in [5.41, 5.74) is 0.412. The average Bonchev–Trinajstić information content (AvgIpc) is 2.23. The minimum Gasteiger partial charge on any atom is -0.341 e. The van der Waals surface area contributed by atoms with Crippen LogP contribution in [-0.4, -0.2) is 23.4 Å². The van der Waals surface area contributed by atoms with Crippen molar-refractivity contribution in [3.63, 3.8) is 0 Å². The van der Waals surface area contributed by atoms with Crippen molar-refractivity contribution in [1.29, 1.82) is 0 Å². The first kappa shape index (κ1) is 18.5. The van der Waals surface area contributed by atoms with E-state index in [-0.39, 0.29) is 11.4 Å². The molecule has 1 amide bonds. The molecular weight excluding hydrogens is 234 g/mol. The number of carbonyl (C=O) groups is 1. The molecule has 0 aliphatic carbocycles. The van der Waals surface area contributed by atoms with E-state index in [1.807, 2.05) is 11.9 Å². The Kier molecular flexibility index (Phi) is 7.69. The number of hydrogen-bond acceptors (Lipinski definition) is 1. The second-order valence-corrected chi connectivity index (χ2v) is 7.95. The molecule has 0 rings (SSSR count). The molecule has 0 atom stereocenters. The fourth-order valence-electron chi connectivity index (χ4n) is 2.00. The van der Waals surface area contributed by atoms with Crippen LogP contribution >= 0.6 is 0 Å². The average molecular weight is 269 g/mol. The first-order valence-corrected chi connectivity index (χ1v) is 7.81. The van der Waals surface area contributed by atoms with Crippen LogP contribution in [0.5, 0.6) is 0 Å². The van der Waals surface area contributed by atoms with Crippen LogP contribution in [0.4, 0.5) is 0 Å². The number of rotatable bonds is 7. The summed E-state index contributed by atoms with van der Waals surface area (Å²) in [7, 11) is 1.91. The van der Waals surface area contributed by atoms with Crippen molar-refractivity contribution < 1.29 is 4.79 Å². The summed E-state index contributed by atoms with van der Waals surface area (Å²) in [6, 6.07) is 0. The maximum atomic E-state index is 11.9. The number of unbranched alkanes of at least 4 members (excludes halogenated alkanes) is 4. The molecule has 0 radical (unpaired) electrons. The summed E-state index contributed by atoms with van der Waals surface area (Å²) in [6.45, 7) is 13.1. The molecule has 0 aliphatic rings. The molecule has 0 aliphatic heterocycles. The molecule has 0 saturated carbocycles. The van der Waals surface area contributed by atoms with Crippen molar-refractivity contribution >= 4 is 5.91 Å². The van der Waals surface area contributed by atoms with Crippen LogP contribution in [0.2, 0.25) is 0 Å². The van der Waals surface area contributed by atoms with E-state index in [2.05, 4.69) is 41.5 Å². The minimum atomic E-state index is -0.0518. The second-order valence-electron chi connectivity index (χ2n) is 7.95. The Balaban J connectivity index is 3.58. The molecule has 2 nitrogen and oxygen atoms in total. The van der Waals surface area contributed by atoms with E-state index in [0.717, 1.165) is 6.42 Å². The number of nitrogens with zero attached hydrogens (tertiary/aromatic N) is 1. The molecule has 0 aromatic carbocycles. The van der Waals surface area contributed by atoms with Crippen molar-refractivity contribution in [2.75, 3.05) is 7.05 Å². The Morgan fingerprint density at radius 1 is 0.842 bits per heavy atom. The van der Waals surface area contributed by atoms with Crippen LogP contribution in [0.25, 0.3) is 0 Å². The van der Waals surface area contributed by atoms with Gasteiger partial charge < -0.3 is 4.90 Å². The summed E-state index contributed by atoms with van der Waals surface area (Å²) in [5.74, 6) is 0.280. The van der Waals surface area contributed by atoms with Gasteiger partial charge in [0.1, 0.15) is 0 Å². The highest BCUT2D eigenvalue weighted by molar-refractivity contribution is 5.76. The summed E-state index contributed by atoms with van der Waals surface area (Å²) in [5, 5.41) is 0. The highest BCUT2D eigenvalue weighted by Crippen LogP contribution is 2.22. The SMILES string of the molecule is CN(C(=O)CCCCCCCC(C)(C)C)C(C)(C)C. The summed E-state index contributed by atoms with van der Waals surface area (Å²) >= 11 is 0. The van der Waals surface area contributed by atoms with E-state index in [0.29, 0.717) is 11.8 Å². The fourth-order valence-corrected chi connectivity index (χ4v) is 2.00. The van der Waals surface area contributed by atoms with Crippen LogP contribution in [0.3, 0.4) is 0 Å². The molecule has 0 saturated heterocycles. The topological polar surface area (TPSA) is 20.3 Å². The second kappa shape index (κ2) is 7.91. The van der Waals surface area contributed by atoms with Crippen LogP contribution in [0.1, 0.15) is 86.5 Å². The third-order valence-electron chi connectivity index (χ3n) is 3.70. The predicted molar refractivity (Wildman–Crippen MR) is 84.3 cm³/mol. The lowest BCUT2D eigenvalue weighted by Crippen LogP contribution is -2.42. The normalized spacial score (nSPS) is 12.6. The fraction of sp³-hybridized carbons (Fsp3) is 0.941. The summed E-state index contributed by atoms with van der Waals surface area (Å²) in [4.78, 5) is 13.8. The lowest BCUT2D eigenvalue weighted by atomic mass is 9.89. The molecule has 0 fully saturated rings. The first-order valence-electron chi connectivity index (χ1n) is 7.81. The smallest absolute Gasteiger partial charge is 0.222 e. The van der Waals surface area contributed by atoms with Crippen molar-refractivity contribution in [1.82, 2.24) is 4.90 Å². The standard InChI is InChI=1S/C17H35NO/c1-16(2,3)14-12-10-8-9-11-13-15(19)18(7)17(4,5)6/h8-14H2,1-7H3. The van der Waals surface area contributed by atoms with Gasteiger partial charge in [0, 0.05) is 19.0 Å². The van der Waals surface area contributed by atoms with Crippen molar-refractivity contribution in [2.45, 2.75) is 92.0 Å². The number of amides is 1. The molecule has 0 heterocycles. The lowest BCUT2D eigenvalue weighted by molar-refractivity contribution is -0.134. The molecule has 2 heteroatoms. The highest BCUT2D eigenvalue weighted by Gasteiger charge is 2.21. The van der Waals surface area contributed by atoms with Gasteiger partial charge in [-0.25, -0.2) is 0 Å². The Bertz CT molecular complexity index is 257. The molecule has 0 N–H and O–H groups in total. The Hall–Kier alpha value is -0.530. The Morgan fingerprint density at radius 2 is 1.32 bits per heavy atom. The van der Waals surface area contributed by atoms with Gasteiger partial charge in [0.15, 0.2) is 0 Å². The molecule has 0 spiro atoms. The van der Waals surface area contributed by atoms with Crippen LogP contribution < -0.4 is 0 Å². The maximum absolute atomic E-state index is 11.9. The zero-order chi connectivity index (χ0) is 15.1. The Morgan fingerprint density at radius 3 is 1.79 bits per heavy atom. The quantitative estimate of drug-likeness (QED) is 0.594. The van der Waals surface area contributed by atoms with Gasteiger partial charge in [-0.1, -0.05) is 46.5 Å². The van der Waals surface area contributed by atoms with Gasteiger partial charge in [-0.2, -0.15) is 0 Å². The Labute approximate surface area is 120 Å². The lowest BCUT2D eigenvalue weighted by Gasteiger charge is -2.32. The van der Waals surface area contributed by atoms with Gasteiger partial charge >= 0.3 is 0 Å². The van der Waals surface area contributed by atoms with E-state index < -0.39 is 0 Å². The monoisotopic (exact) mass is 269 g/mol. The summed E-state index contributed by atoms with van der Waals surface area (Å²) in [6.07, 6.45) is 8.12. The van der Waals surface area contributed by atoms with Crippen molar-refractivity contribution in [3.05, 3.63) is 0 Å². The molecule has 0 aromatic heterocycles.